The van der Waals surface area contributed by atoms with Crippen molar-refractivity contribution >= 4 is 15.7 Å². The highest BCUT2D eigenvalue weighted by molar-refractivity contribution is 7.91. The third-order valence-corrected chi connectivity index (χ3v) is 6.97. The summed E-state index contributed by atoms with van der Waals surface area (Å²) in [6.07, 6.45) is 1.53. The molecule has 35 heavy (non-hydrogen) atoms. The number of oxazole rings is 1. The van der Waals surface area contributed by atoms with Crippen molar-refractivity contribution < 1.29 is 36.2 Å². The van der Waals surface area contributed by atoms with E-state index in [0.29, 0.717) is 47.5 Å². The molecule has 11 heteroatoms. The van der Waals surface area contributed by atoms with Crippen molar-refractivity contribution in [3.05, 3.63) is 60.6 Å². The lowest BCUT2D eigenvalue weighted by Gasteiger charge is -2.18. The van der Waals surface area contributed by atoms with Crippen LogP contribution in [0.2, 0.25) is 0 Å². The zero-order valence-corrected chi connectivity index (χ0v) is 19.8. The van der Waals surface area contributed by atoms with Gasteiger partial charge in [-0.25, -0.2) is 8.42 Å². The molecule has 2 aromatic carbocycles. The van der Waals surface area contributed by atoms with Crippen LogP contribution in [0.15, 0.2) is 73.5 Å². The average Bonchev–Trinajstić information content (AvgIpc) is 3.57. The van der Waals surface area contributed by atoms with E-state index >= 15 is 0 Å². The van der Waals surface area contributed by atoms with Crippen LogP contribution in [0, 0.1) is 0 Å². The minimum atomic E-state index is -4.10. The van der Waals surface area contributed by atoms with Gasteiger partial charge in [-0.15, -0.1) is 0 Å². The Labute approximate surface area is 201 Å². The Balaban J connectivity index is 1.57. The molecule has 0 atom stereocenters. The van der Waals surface area contributed by atoms with Crippen LogP contribution in [0.5, 0.6) is 23.0 Å². The maximum Gasteiger partial charge on any atom is 0.234 e. The summed E-state index contributed by atoms with van der Waals surface area (Å²) in [6.45, 7) is 0.926. The summed E-state index contributed by atoms with van der Waals surface area (Å²) in [4.78, 5) is 4.35. The second-order valence-electron chi connectivity index (χ2n) is 7.46. The number of methoxy groups -OCH3 is 2. The van der Waals surface area contributed by atoms with Gasteiger partial charge in [0.25, 0.3) is 0 Å². The highest BCUT2D eigenvalue weighted by Crippen LogP contribution is 2.38. The molecule has 0 spiro atoms. The Morgan fingerprint density at radius 2 is 1.77 bits per heavy atom. The lowest BCUT2D eigenvalue weighted by molar-refractivity contribution is 0.171. The molecule has 5 rings (SSSR count). The second-order valence-corrected chi connectivity index (χ2v) is 9.33. The third kappa shape index (κ3) is 4.37. The molecule has 2 aromatic heterocycles. The van der Waals surface area contributed by atoms with E-state index < -0.39 is 9.84 Å². The van der Waals surface area contributed by atoms with E-state index in [-0.39, 0.29) is 28.2 Å². The van der Waals surface area contributed by atoms with E-state index in [1.165, 1.54) is 32.6 Å². The number of nitrogens with zero attached hydrogens (tertiary/aromatic N) is 1. The normalized spacial score (nSPS) is 12.9. The molecule has 0 saturated carbocycles. The lowest BCUT2D eigenvalue weighted by Crippen LogP contribution is -2.16. The molecule has 0 fully saturated rings. The number of hydrogen-bond donors (Lipinski definition) is 1. The number of fused-ring (bicyclic) bond motifs is 1. The summed E-state index contributed by atoms with van der Waals surface area (Å²) in [5.41, 5.74) is 0.507. The van der Waals surface area contributed by atoms with Gasteiger partial charge in [-0.3, -0.25) is 0 Å². The van der Waals surface area contributed by atoms with Crippen LogP contribution in [0.4, 0.5) is 5.88 Å². The Hall–Kier alpha value is -4.12. The van der Waals surface area contributed by atoms with Crippen LogP contribution in [-0.2, 0) is 16.4 Å². The van der Waals surface area contributed by atoms with Gasteiger partial charge in [-0.05, 0) is 42.5 Å². The van der Waals surface area contributed by atoms with Gasteiger partial charge in [0.15, 0.2) is 23.0 Å². The van der Waals surface area contributed by atoms with Gasteiger partial charge in [0.1, 0.15) is 19.0 Å². The van der Waals surface area contributed by atoms with E-state index in [1.807, 2.05) is 0 Å². The van der Waals surface area contributed by atoms with Crippen LogP contribution >= 0.6 is 0 Å². The number of sulfone groups is 1. The average molecular weight is 499 g/mol. The lowest BCUT2D eigenvalue weighted by atomic mass is 10.2. The fourth-order valence-electron chi connectivity index (χ4n) is 3.58. The van der Waals surface area contributed by atoms with Gasteiger partial charge < -0.3 is 33.1 Å². The monoisotopic (exact) mass is 498 g/mol. The van der Waals surface area contributed by atoms with Crippen LogP contribution in [-0.4, -0.2) is 40.8 Å². The Bertz CT molecular complexity index is 1440. The highest BCUT2D eigenvalue weighted by atomic mass is 32.2. The number of hydrogen-bond acceptors (Lipinski definition) is 10. The van der Waals surface area contributed by atoms with E-state index in [1.54, 1.807) is 36.4 Å². The molecular weight excluding hydrogens is 476 g/mol. The molecule has 0 radical (unpaired) electrons. The molecule has 0 unspecified atom stereocenters. The summed E-state index contributed by atoms with van der Waals surface area (Å²) in [5.74, 6) is 2.46. The Morgan fingerprint density at radius 1 is 0.971 bits per heavy atom. The van der Waals surface area contributed by atoms with Gasteiger partial charge in [0, 0.05) is 11.6 Å². The van der Waals surface area contributed by atoms with Crippen molar-refractivity contribution in [2.45, 2.75) is 16.5 Å². The maximum atomic E-state index is 13.6. The molecule has 182 valence electrons. The van der Waals surface area contributed by atoms with Gasteiger partial charge in [-0.2, -0.15) is 4.98 Å². The molecular formula is C24H22N2O8S. The van der Waals surface area contributed by atoms with Crippen molar-refractivity contribution in [3.63, 3.8) is 0 Å². The predicted octanol–water partition coefficient (Wildman–Crippen LogP) is 4.17. The standard InChI is InChI=1S/C24H22N2O8S/c1-29-18-7-5-15(12-20(18)30-2)22-26-24(23(34-22)25-14-16-4-3-9-31-16)35(27,28)17-6-8-19-21(13-17)33-11-10-32-19/h3-9,12-13,25H,10-11,14H2,1-2H3. The fourth-order valence-corrected chi connectivity index (χ4v) is 4.87. The molecule has 0 amide bonds. The van der Waals surface area contributed by atoms with E-state index in [2.05, 4.69) is 10.3 Å². The number of anilines is 1. The first-order chi connectivity index (χ1) is 17.0. The fraction of sp³-hybridized carbons (Fsp3) is 0.208. The molecule has 4 aromatic rings. The summed E-state index contributed by atoms with van der Waals surface area (Å²) in [7, 11) is -1.07. The van der Waals surface area contributed by atoms with Crippen molar-refractivity contribution in [2.75, 3.05) is 32.8 Å². The summed E-state index contributed by atoms with van der Waals surface area (Å²) in [6, 6.07) is 13.0. The zero-order valence-electron chi connectivity index (χ0n) is 18.9. The van der Waals surface area contributed by atoms with Gasteiger partial charge >= 0.3 is 0 Å². The van der Waals surface area contributed by atoms with Gasteiger partial charge in [0.2, 0.25) is 26.6 Å². The van der Waals surface area contributed by atoms with Crippen molar-refractivity contribution in [3.8, 4) is 34.5 Å². The SMILES string of the molecule is COc1ccc(-c2nc(S(=O)(=O)c3ccc4c(c3)OCCO4)c(NCc3ccco3)o2)cc1OC. The highest BCUT2D eigenvalue weighted by Gasteiger charge is 2.30. The van der Waals surface area contributed by atoms with Crippen LogP contribution in [0.3, 0.4) is 0 Å². The van der Waals surface area contributed by atoms with Crippen molar-refractivity contribution in [1.29, 1.82) is 0 Å². The summed E-state index contributed by atoms with van der Waals surface area (Å²) < 4.78 is 60.2. The Kier molecular flexibility index (Phi) is 6.00. The zero-order chi connectivity index (χ0) is 24.4. The molecule has 1 aliphatic heterocycles. The first kappa shape index (κ1) is 22.7. The second kappa shape index (κ2) is 9.26. The summed E-state index contributed by atoms with van der Waals surface area (Å²) in [5, 5.41) is 2.71. The van der Waals surface area contributed by atoms with Crippen LogP contribution in [0.25, 0.3) is 11.5 Å². The van der Waals surface area contributed by atoms with Crippen molar-refractivity contribution in [1.82, 2.24) is 4.98 Å². The van der Waals surface area contributed by atoms with E-state index in [4.69, 9.17) is 27.8 Å². The molecule has 0 saturated heterocycles. The quantitative estimate of drug-likeness (QED) is 0.379. The minimum absolute atomic E-state index is 0.00467. The van der Waals surface area contributed by atoms with Crippen LogP contribution in [0.1, 0.15) is 5.76 Å². The van der Waals surface area contributed by atoms with Crippen molar-refractivity contribution in [2.24, 2.45) is 0 Å². The molecule has 10 nitrogen and oxygen atoms in total. The number of furan rings is 1. The molecule has 3 heterocycles. The van der Waals surface area contributed by atoms with Gasteiger partial charge in [-0.1, -0.05) is 0 Å². The number of aromatic nitrogens is 1. The smallest absolute Gasteiger partial charge is 0.234 e. The third-order valence-electron chi connectivity index (χ3n) is 5.31. The number of nitrogens with one attached hydrogen (secondary N) is 1. The van der Waals surface area contributed by atoms with E-state index in [9.17, 15) is 8.42 Å². The Morgan fingerprint density at radius 3 is 2.51 bits per heavy atom. The van der Waals surface area contributed by atoms with E-state index in [0.717, 1.165) is 0 Å². The minimum Gasteiger partial charge on any atom is -0.493 e. The first-order valence-electron chi connectivity index (χ1n) is 10.6. The number of ether oxygens (including phenoxy) is 4. The summed E-state index contributed by atoms with van der Waals surface area (Å²) >= 11 is 0. The molecule has 0 aliphatic carbocycles. The maximum absolute atomic E-state index is 13.6. The molecule has 1 N–H and O–H groups in total. The molecule has 0 bridgehead atoms. The van der Waals surface area contributed by atoms with Crippen LogP contribution < -0.4 is 24.3 Å². The molecule has 1 aliphatic rings. The first-order valence-corrected chi connectivity index (χ1v) is 12.1. The largest absolute Gasteiger partial charge is 0.493 e. The number of benzene rings is 2. The topological polar surface area (TPSA) is 122 Å². The van der Waals surface area contributed by atoms with Gasteiger partial charge in [0.05, 0.1) is 31.9 Å². The predicted molar refractivity (Wildman–Crippen MR) is 124 cm³/mol. The number of rotatable bonds is 8.